The monoisotopic (exact) mass is 421 g/mol. The molecule has 3 aromatic carbocycles. The molecule has 2 heterocycles. The van der Waals surface area contributed by atoms with Crippen LogP contribution in [0.15, 0.2) is 66.7 Å². The molecular formula is C26H22F3NO. The number of alkyl halides is 3. The van der Waals surface area contributed by atoms with Crippen LogP contribution in [0.2, 0.25) is 0 Å². The van der Waals surface area contributed by atoms with Crippen LogP contribution >= 0.6 is 0 Å². The van der Waals surface area contributed by atoms with Gasteiger partial charge < -0.3 is 10.1 Å². The minimum Gasteiger partial charge on any atom is -0.480 e. The molecule has 2 aliphatic rings. The number of para-hydroxylation sites is 1. The highest BCUT2D eigenvalue weighted by Crippen LogP contribution is 2.50. The van der Waals surface area contributed by atoms with Crippen molar-refractivity contribution in [2.75, 3.05) is 5.32 Å². The number of rotatable bonds is 1. The molecule has 0 spiro atoms. The van der Waals surface area contributed by atoms with E-state index in [1.54, 1.807) is 0 Å². The highest BCUT2D eigenvalue weighted by Gasteiger charge is 2.35. The second-order valence-corrected chi connectivity index (χ2v) is 8.74. The summed E-state index contributed by atoms with van der Waals surface area (Å²) >= 11 is 0. The molecule has 0 aliphatic carbocycles. The summed E-state index contributed by atoms with van der Waals surface area (Å²) in [4.78, 5) is 0. The van der Waals surface area contributed by atoms with Crippen molar-refractivity contribution in [2.24, 2.45) is 0 Å². The molecule has 5 heteroatoms. The Kier molecular flexibility index (Phi) is 4.23. The van der Waals surface area contributed by atoms with E-state index in [9.17, 15) is 13.2 Å². The number of hydrogen-bond acceptors (Lipinski definition) is 2. The number of fused-ring (bicyclic) bond motifs is 5. The highest BCUT2D eigenvalue weighted by molar-refractivity contribution is 5.90. The summed E-state index contributed by atoms with van der Waals surface area (Å²) in [6.07, 6.45) is -2.70. The molecule has 0 aromatic heterocycles. The molecule has 0 saturated carbocycles. The first-order valence-electron chi connectivity index (χ1n) is 10.2. The normalized spacial score (nSPS) is 18.6. The van der Waals surface area contributed by atoms with Crippen LogP contribution in [0, 0.1) is 0 Å². The number of nitrogens with one attached hydrogen (secondary N) is 1. The molecular weight excluding hydrogens is 399 g/mol. The van der Waals surface area contributed by atoms with Crippen LogP contribution in [0.4, 0.5) is 18.9 Å². The summed E-state index contributed by atoms with van der Waals surface area (Å²) < 4.78 is 45.7. The fourth-order valence-electron chi connectivity index (χ4n) is 4.71. The van der Waals surface area contributed by atoms with Gasteiger partial charge in [-0.15, -0.1) is 0 Å². The van der Waals surface area contributed by atoms with Crippen molar-refractivity contribution in [1.82, 2.24) is 0 Å². The fourth-order valence-corrected chi connectivity index (χ4v) is 4.71. The molecule has 5 rings (SSSR count). The maximum Gasteiger partial charge on any atom is 0.416 e. The van der Waals surface area contributed by atoms with Gasteiger partial charge in [0.05, 0.1) is 11.1 Å². The van der Waals surface area contributed by atoms with Crippen molar-refractivity contribution in [3.05, 3.63) is 89.0 Å². The Labute approximate surface area is 179 Å². The number of ether oxygens (including phenoxy) is 1. The molecule has 0 unspecified atom stereocenters. The zero-order valence-corrected chi connectivity index (χ0v) is 17.5. The second kappa shape index (κ2) is 6.64. The maximum atomic E-state index is 13.1. The lowest BCUT2D eigenvalue weighted by Gasteiger charge is -2.37. The lowest BCUT2D eigenvalue weighted by molar-refractivity contribution is -0.137. The molecule has 0 fully saturated rings. The van der Waals surface area contributed by atoms with Crippen LogP contribution in [0.1, 0.15) is 49.1 Å². The van der Waals surface area contributed by atoms with Crippen molar-refractivity contribution in [3.63, 3.8) is 0 Å². The minimum absolute atomic E-state index is 0.192. The van der Waals surface area contributed by atoms with Crippen LogP contribution in [0.25, 0.3) is 16.7 Å². The van der Waals surface area contributed by atoms with E-state index >= 15 is 0 Å². The Balaban J connectivity index is 1.73. The number of anilines is 1. The lowest BCUT2D eigenvalue weighted by Crippen LogP contribution is -2.32. The van der Waals surface area contributed by atoms with E-state index in [0.29, 0.717) is 5.56 Å². The summed E-state index contributed by atoms with van der Waals surface area (Å²) in [7, 11) is 0. The smallest absolute Gasteiger partial charge is 0.416 e. The van der Waals surface area contributed by atoms with Gasteiger partial charge in [0.15, 0.2) is 6.10 Å². The van der Waals surface area contributed by atoms with Crippen molar-refractivity contribution in [2.45, 2.75) is 38.6 Å². The molecule has 2 aliphatic heterocycles. The first-order chi connectivity index (χ1) is 14.6. The topological polar surface area (TPSA) is 21.3 Å². The van der Waals surface area contributed by atoms with E-state index < -0.39 is 17.8 Å². The fraction of sp³-hybridized carbons (Fsp3) is 0.231. The van der Waals surface area contributed by atoms with E-state index in [2.05, 4.69) is 44.3 Å². The largest absolute Gasteiger partial charge is 0.480 e. The molecule has 0 bridgehead atoms. The summed E-state index contributed by atoms with van der Waals surface area (Å²) in [5.41, 5.74) is 6.02. The van der Waals surface area contributed by atoms with Gasteiger partial charge >= 0.3 is 6.18 Å². The molecule has 0 radical (unpaired) electrons. The Morgan fingerprint density at radius 1 is 0.903 bits per heavy atom. The van der Waals surface area contributed by atoms with Gasteiger partial charge in [-0.3, -0.25) is 0 Å². The van der Waals surface area contributed by atoms with E-state index in [0.717, 1.165) is 51.4 Å². The highest BCUT2D eigenvalue weighted by atomic mass is 19.4. The number of benzene rings is 3. The number of allylic oxidation sites excluding steroid dienone is 1. The molecule has 2 nitrogen and oxygen atoms in total. The summed E-state index contributed by atoms with van der Waals surface area (Å²) in [6, 6.07) is 17.2. The molecule has 1 atom stereocenters. The average Bonchev–Trinajstić information content (AvgIpc) is 2.71. The third-order valence-corrected chi connectivity index (χ3v) is 5.90. The quantitative estimate of drug-likeness (QED) is 0.440. The standard InChI is InChI=1S/C26H22F3NO/c1-15-14-25(2,3)30-20-13-12-19-18-6-4-5-7-21(18)31-24(23(19)22(15)20)16-8-10-17(11-9-16)26(27,28)29/h4-14,24,30H,1-3H3/t24-/m1/s1. The Morgan fingerprint density at radius 2 is 1.61 bits per heavy atom. The molecule has 158 valence electrons. The van der Waals surface area contributed by atoms with Gasteiger partial charge in [-0.1, -0.05) is 42.5 Å². The van der Waals surface area contributed by atoms with Gasteiger partial charge in [-0.25, -0.2) is 0 Å². The molecule has 3 aromatic rings. The lowest BCUT2D eigenvalue weighted by atomic mass is 9.80. The van der Waals surface area contributed by atoms with Crippen LogP contribution in [0.5, 0.6) is 5.75 Å². The predicted octanol–water partition coefficient (Wildman–Crippen LogP) is 7.46. The Bertz CT molecular complexity index is 1210. The van der Waals surface area contributed by atoms with E-state index in [1.165, 1.54) is 12.1 Å². The molecule has 1 N–H and O–H groups in total. The van der Waals surface area contributed by atoms with Crippen molar-refractivity contribution >= 4 is 11.3 Å². The van der Waals surface area contributed by atoms with Crippen LogP contribution in [-0.4, -0.2) is 5.54 Å². The second-order valence-electron chi connectivity index (χ2n) is 8.74. The first kappa shape index (κ1) is 19.7. The molecule has 0 saturated heterocycles. The van der Waals surface area contributed by atoms with Gasteiger partial charge in [0.1, 0.15) is 5.75 Å². The van der Waals surface area contributed by atoms with Gasteiger partial charge in [0.25, 0.3) is 0 Å². The van der Waals surface area contributed by atoms with E-state index in [4.69, 9.17) is 4.74 Å². The zero-order chi connectivity index (χ0) is 22.0. The SMILES string of the molecule is CC1=CC(C)(C)Nc2ccc3c(c21)[C@@H](c1ccc(C(F)(F)F)cc1)Oc1ccccc1-3. The minimum atomic E-state index is -4.37. The average molecular weight is 421 g/mol. The van der Waals surface area contributed by atoms with E-state index in [-0.39, 0.29) is 5.54 Å². The third kappa shape index (κ3) is 3.29. The van der Waals surface area contributed by atoms with Crippen LogP contribution < -0.4 is 10.1 Å². The van der Waals surface area contributed by atoms with Gasteiger partial charge in [0, 0.05) is 22.4 Å². The van der Waals surface area contributed by atoms with Crippen molar-refractivity contribution in [3.8, 4) is 16.9 Å². The Morgan fingerprint density at radius 3 is 2.32 bits per heavy atom. The van der Waals surface area contributed by atoms with Crippen LogP contribution in [-0.2, 0) is 6.18 Å². The predicted molar refractivity (Wildman–Crippen MR) is 117 cm³/mol. The first-order valence-corrected chi connectivity index (χ1v) is 10.2. The van der Waals surface area contributed by atoms with Crippen molar-refractivity contribution in [1.29, 1.82) is 0 Å². The summed E-state index contributed by atoms with van der Waals surface area (Å²) in [6.45, 7) is 6.29. The van der Waals surface area contributed by atoms with Crippen molar-refractivity contribution < 1.29 is 17.9 Å². The van der Waals surface area contributed by atoms with Gasteiger partial charge in [0.2, 0.25) is 0 Å². The molecule has 31 heavy (non-hydrogen) atoms. The summed E-state index contributed by atoms with van der Waals surface area (Å²) in [5, 5.41) is 3.56. The zero-order valence-electron chi connectivity index (χ0n) is 17.5. The Hall–Kier alpha value is -3.21. The summed E-state index contributed by atoms with van der Waals surface area (Å²) in [5.74, 6) is 0.727. The van der Waals surface area contributed by atoms with Crippen LogP contribution in [0.3, 0.4) is 0 Å². The number of halogens is 3. The van der Waals surface area contributed by atoms with E-state index in [1.807, 2.05) is 24.3 Å². The maximum absolute atomic E-state index is 13.1. The third-order valence-electron chi connectivity index (χ3n) is 5.90. The van der Waals surface area contributed by atoms with Gasteiger partial charge in [-0.2, -0.15) is 13.2 Å². The molecule has 0 amide bonds. The number of hydrogen-bond donors (Lipinski definition) is 1. The van der Waals surface area contributed by atoms with Gasteiger partial charge in [-0.05, 0) is 61.7 Å².